The highest BCUT2D eigenvalue weighted by atomic mass is 19.1. The summed E-state index contributed by atoms with van der Waals surface area (Å²) in [6.07, 6.45) is 6.08. The summed E-state index contributed by atoms with van der Waals surface area (Å²) in [6.45, 7) is 7.92. The van der Waals surface area contributed by atoms with Crippen LogP contribution in [0, 0.1) is 11.2 Å². The summed E-state index contributed by atoms with van der Waals surface area (Å²) in [5.41, 5.74) is 1.83. The molecule has 2 aromatic rings. The number of rotatable bonds is 3. The second kappa shape index (κ2) is 6.92. The van der Waals surface area contributed by atoms with Gasteiger partial charge in [0.15, 0.2) is 0 Å². The minimum absolute atomic E-state index is 0.0238. The number of benzene rings is 1. The molecular weight excluding hydrogens is 341 g/mol. The van der Waals surface area contributed by atoms with Gasteiger partial charge in [-0.05, 0) is 43.2 Å². The van der Waals surface area contributed by atoms with Gasteiger partial charge in [-0.25, -0.2) is 9.37 Å². The first-order valence-electron chi connectivity index (χ1n) is 10.3. The lowest BCUT2D eigenvalue weighted by Crippen LogP contribution is -2.40. The molecule has 5 heteroatoms. The van der Waals surface area contributed by atoms with Crippen molar-refractivity contribution in [1.29, 1.82) is 0 Å². The third-order valence-electron chi connectivity index (χ3n) is 6.01. The van der Waals surface area contributed by atoms with E-state index in [4.69, 9.17) is 4.98 Å². The smallest absolute Gasteiger partial charge is 0.223 e. The van der Waals surface area contributed by atoms with E-state index >= 15 is 0 Å². The van der Waals surface area contributed by atoms with Crippen molar-refractivity contribution in [2.24, 2.45) is 5.41 Å². The molecule has 1 amide bonds. The Balaban J connectivity index is 1.56. The van der Waals surface area contributed by atoms with Crippen LogP contribution in [0.5, 0.6) is 0 Å². The summed E-state index contributed by atoms with van der Waals surface area (Å²) >= 11 is 0. The molecule has 1 saturated heterocycles. The van der Waals surface area contributed by atoms with Gasteiger partial charge in [-0.3, -0.25) is 4.79 Å². The van der Waals surface area contributed by atoms with E-state index in [1.54, 1.807) is 6.07 Å². The largest absolute Gasteiger partial charge is 0.343 e. The average Bonchev–Trinajstić information content (AvgIpc) is 2.89. The number of carbonyl (C=O) groups is 1. The zero-order valence-corrected chi connectivity index (χ0v) is 16.7. The first kappa shape index (κ1) is 18.5. The van der Waals surface area contributed by atoms with Gasteiger partial charge in [0, 0.05) is 37.5 Å². The molecule has 0 spiro atoms. The summed E-state index contributed by atoms with van der Waals surface area (Å²) in [6, 6.07) is 5.30. The quantitative estimate of drug-likeness (QED) is 0.758. The Kier molecular flexibility index (Phi) is 4.73. The van der Waals surface area contributed by atoms with Gasteiger partial charge in [0.2, 0.25) is 5.91 Å². The van der Waals surface area contributed by atoms with Gasteiger partial charge in [0.25, 0.3) is 0 Å². The zero-order valence-electron chi connectivity index (χ0n) is 16.7. The molecule has 27 heavy (non-hydrogen) atoms. The Labute approximate surface area is 160 Å². The third-order valence-corrected chi connectivity index (χ3v) is 6.01. The van der Waals surface area contributed by atoms with Crippen LogP contribution in [0.3, 0.4) is 0 Å². The maximum absolute atomic E-state index is 13.7. The highest BCUT2D eigenvalue weighted by Gasteiger charge is 2.32. The Hall–Kier alpha value is -1.91. The molecule has 1 aromatic carbocycles. The lowest BCUT2D eigenvalue weighted by molar-refractivity contribution is -0.134. The van der Waals surface area contributed by atoms with Crippen molar-refractivity contribution in [2.75, 3.05) is 13.1 Å². The van der Waals surface area contributed by atoms with E-state index in [0.717, 1.165) is 42.8 Å². The first-order valence-corrected chi connectivity index (χ1v) is 10.3. The molecule has 1 aromatic heterocycles. The van der Waals surface area contributed by atoms with Gasteiger partial charge in [-0.15, -0.1) is 0 Å². The molecule has 0 atom stereocenters. The minimum atomic E-state index is -0.227. The normalized spacial score (nSPS) is 19.5. The molecule has 0 unspecified atom stereocenters. The Morgan fingerprint density at radius 2 is 1.89 bits per heavy atom. The number of imidazole rings is 1. The van der Waals surface area contributed by atoms with Crippen molar-refractivity contribution in [3.05, 3.63) is 29.8 Å². The Morgan fingerprint density at radius 1 is 1.19 bits per heavy atom. The minimum Gasteiger partial charge on any atom is -0.343 e. The molecule has 1 aliphatic heterocycles. The fourth-order valence-corrected chi connectivity index (χ4v) is 4.37. The molecule has 2 fully saturated rings. The second-order valence-electron chi connectivity index (χ2n) is 9.45. The topological polar surface area (TPSA) is 38.1 Å². The number of amides is 1. The van der Waals surface area contributed by atoms with E-state index in [-0.39, 0.29) is 17.1 Å². The second-order valence-corrected chi connectivity index (χ2v) is 9.45. The molecule has 0 bridgehead atoms. The van der Waals surface area contributed by atoms with Gasteiger partial charge >= 0.3 is 0 Å². The Morgan fingerprint density at radius 3 is 2.48 bits per heavy atom. The third kappa shape index (κ3) is 3.74. The van der Waals surface area contributed by atoms with Crippen LogP contribution in [-0.4, -0.2) is 33.4 Å². The molecule has 4 nitrogen and oxygen atoms in total. The summed E-state index contributed by atoms with van der Waals surface area (Å²) in [5, 5.41) is 0. The monoisotopic (exact) mass is 371 g/mol. The van der Waals surface area contributed by atoms with E-state index in [2.05, 4.69) is 25.3 Å². The molecule has 0 N–H and O–H groups in total. The van der Waals surface area contributed by atoms with Crippen LogP contribution in [-0.2, 0) is 4.79 Å². The summed E-state index contributed by atoms with van der Waals surface area (Å²) in [7, 11) is 0. The van der Waals surface area contributed by atoms with Crippen LogP contribution in [0.1, 0.15) is 77.1 Å². The van der Waals surface area contributed by atoms with Crippen LogP contribution in [0.25, 0.3) is 11.0 Å². The summed E-state index contributed by atoms with van der Waals surface area (Å²) < 4.78 is 16.1. The number of fused-ring (bicyclic) bond motifs is 1. The van der Waals surface area contributed by atoms with Crippen LogP contribution in [0.15, 0.2) is 18.2 Å². The molecular formula is C22H30FN3O. The van der Waals surface area contributed by atoms with Gasteiger partial charge in [-0.1, -0.05) is 27.2 Å². The molecule has 2 aliphatic rings. The van der Waals surface area contributed by atoms with E-state index in [9.17, 15) is 9.18 Å². The molecule has 146 valence electrons. The van der Waals surface area contributed by atoms with Crippen LogP contribution < -0.4 is 0 Å². The molecule has 2 heterocycles. The van der Waals surface area contributed by atoms with Crippen LogP contribution >= 0.6 is 0 Å². The van der Waals surface area contributed by atoms with Gasteiger partial charge in [-0.2, -0.15) is 0 Å². The van der Waals surface area contributed by atoms with E-state index in [0.29, 0.717) is 18.4 Å². The van der Waals surface area contributed by atoms with E-state index in [1.807, 2.05) is 11.0 Å². The maximum atomic E-state index is 13.7. The standard InChI is InChI=1S/C22H30FN3O/c1-22(2,3)14-20(27)25-11-9-17(10-12-25)26-19-8-7-16(23)13-18(19)24-21(26)15-5-4-6-15/h7-8,13,15,17H,4-6,9-12,14H2,1-3H3. The lowest BCUT2D eigenvalue weighted by Gasteiger charge is -2.36. The summed E-state index contributed by atoms with van der Waals surface area (Å²) in [5.74, 6) is 1.66. The lowest BCUT2D eigenvalue weighted by atomic mass is 9.84. The highest BCUT2D eigenvalue weighted by Crippen LogP contribution is 2.40. The van der Waals surface area contributed by atoms with Crippen molar-refractivity contribution in [3.8, 4) is 0 Å². The van der Waals surface area contributed by atoms with Crippen molar-refractivity contribution in [3.63, 3.8) is 0 Å². The number of hydrogen-bond acceptors (Lipinski definition) is 2. The summed E-state index contributed by atoms with van der Waals surface area (Å²) in [4.78, 5) is 19.4. The first-order chi connectivity index (χ1) is 12.8. The van der Waals surface area contributed by atoms with Crippen molar-refractivity contribution < 1.29 is 9.18 Å². The van der Waals surface area contributed by atoms with E-state index in [1.165, 1.54) is 25.3 Å². The van der Waals surface area contributed by atoms with E-state index < -0.39 is 0 Å². The van der Waals surface area contributed by atoms with Crippen molar-refractivity contribution in [1.82, 2.24) is 14.5 Å². The maximum Gasteiger partial charge on any atom is 0.223 e. The molecule has 1 aliphatic carbocycles. The molecule has 1 saturated carbocycles. The van der Waals surface area contributed by atoms with Crippen molar-refractivity contribution >= 4 is 16.9 Å². The number of halogens is 1. The molecule has 4 rings (SSSR count). The van der Waals surface area contributed by atoms with Crippen molar-refractivity contribution in [2.45, 2.75) is 71.3 Å². The number of carbonyl (C=O) groups excluding carboxylic acids is 1. The van der Waals surface area contributed by atoms with Crippen LogP contribution in [0.2, 0.25) is 0 Å². The fraction of sp³-hybridized carbons (Fsp3) is 0.636. The SMILES string of the molecule is CC(C)(C)CC(=O)N1CCC(n2c(C3CCC3)nc3cc(F)ccc32)CC1. The zero-order chi connectivity index (χ0) is 19.2. The van der Waals surface area contributed by atoms with Gasteiger partial charge in [0.05, 0.1) is 11.0 Å². The fourth-order valence-electron chi connectivity index (χ4n) is 4.37. The van der Waals surface area contributed by atoms with Gasteiger partial charge in [0.1, 0.15) is 11.6 Å². The van der Waals surface area contributed by atoms with Crippen LogP contribution in [0.4, 0.5) is 4.39 Å². The number of aromatic nitrogens is 2. The predicted octanol–water partition coefficient (Wildman–Crippen LogP) is 5.04. The Bertz CT molecular complexity index is 839. The van der Waals surface area contributed by atoms with Gasteiger partial charge < -0.3 is 9.47 Å². The average molecular weight is 372 g/mol. The predicted molar refractivity (Wildman–Crippen MR) is 105 cm³/mol. The molecule has 0 radical (unpaired) electrons. The highest BCUT2D eigenvalue weighted by molar-refractivity contribution is 5.77. The number of nitrogens with zero attached hydrogens (tertiary/aromatic N) is 3. The number of likely N-dealkylation sites (tertiary alicyclic amines) is 1. The number of hydrogen-bond donors (Lipinski definition) is 0. The number of piperidine rings is 1.